The number of carbonyl (C=O) groups excluding carboxylic acids is 1. The molecule has 1 aromatic carbocycles. The lowest BCUT2D eigenvalue weighted by atomic mass is 9.87. The van der Waals surface area contributed by atoms with Gasteiger partial charge in [0.25, 0.3) is 0 Å². The first-order chi connectivity index (χ1) is 16.7. The van der Waals surface area contributed by atoms with Gasteiger partial charge in [0.1, 0.15) is 17.3 Å². The van der Waals surface area contributed by atoms with E-state index in [-0.39, 0.29) is 30.0 Å². The molecule has 190 valence electrons. The Morgan fingerprint density at radius 3 is 2.57 bits per heavy atom. The number of carbonyl (C=O) groups is 2. The molecule has 35 heavy (non-hydrogen) atoms. The van der Waals surface area contributed by atoms with Gasteiger partial charge in [-0.1, -0.05) is 26.0 Å². The number of carboxylic acids is 1. The van der Waals surface area contributed by atoms with Gasteiger partial charge < -0.3 is 29.6 Å². The van der Waals surface area contributed by atoms with Gasteiger partial charge in [0.15, 0.2) is 0 Å². The summed E-state index contributed by atoms with van der Waals surface area (Å²) in [5.41, 5.74) is 2.22. The van der Waals surface area contributed by atoms with Crippen LogP contribution in [-0.2, 0) is 20.9 Å². The maximum atomic E-state index is 12.0. The van der Waals surface area contributed by atoms with Crippen LogP contribution in [0.2, 0.25) is 0 Å². The van der Waals surface area contributed by atoms with Gasteiger partial charge >= 0.3 is 5.97 Å². The normalized spacial score (nSPS) is 19.9. The molecule has 1 amide bonds. The van der Waals surface area contributed by atoms with Gasteiger partial charge in [-0.3, -0.25) is 4.79 Å². The Labute approximate surface area is 206 Å². The molecule has 0 saturated heterocycles. The fourth-order valence-electron chi connectivity index (χ4n) is 4.40. The van der Waals surface area contributed by atoms with E-state index in [0.717, 1.165) is 29.7 Å². The predicted molar refractivity (Wildman–Crippen MR) is 133 cm³/mol. The molecule has 0 aliphatic heterocycles. The second kappa shape index (κ2) is 12.0. The topological polar surface area (TPSA) is 110 Å². The lowest BCUT2D eigenvalue weighted by molar-refractivity contribution is -0.133. The van der Waals surface area contributed by atoms with E-state index in [0.29, 0.717) is 18.1 Å². The maximum absolute atomic E-state index is 12.0. The molecule has 0 spiro atoms. The van der Waals surface area contributed by atoms with Crippen molar-refractivity contribution in [2.24, 2.45) is 0 Å². The molecular formula is C27H36N2O6. The smallest absolute Gasteiger partial charge is 0.331 e. The number of methoxy groups -OCH3 is 1. The maximum Gasteiger partial charge on any atom is 0.331 e. The zero-order valence-electron chi connectivity index (χ0n) is 21.1. The summed E-state index contributed by atoms with van der Waals surface area (Å²) >= 11 is 0. The van der Waals surface area contributed by atoms with Crippen molar-refractivity contribution in [3.8, 4) is 17.1 Å². The summed E-state index contributed by atoms with van der Waals surface area (Å²) in [5.74, 6) is 1.02. The molecule has 0 unspecified atom stereocenters. The van der Waals surface area contributed by atoms with E-state index in [2.05, 4.69) is 10.6 Å². The Morgan fingerprint density at radius 1 is 1.20 bits per heavy atom. The van der Waals surface area contributed by atoms with Crippen LogP contribution in [-0.4, -0.2) is 48.4 Å². The van der Waals surface area contributed by atoms with Gasteiger partial charge in [0.2, 0.25) is 5.91 Å². The number of rotatable bonds is 11. The largest absolute Gasteiger partial charge is 0.496 e. The quantitative estimate of drug-likeness (QED) is 0.438. The van der Waals surface area contributed by atoms with Crippen LogP contribution in [0.3, 0.4) is 0 Å². The minimum absolute atomic E-state index is 0.0274. The van der Waals surface area contributed by atoms with Gasteiger partial charge in [-0.25, -0.2) is 4.79 Å². The van der Waals surface area contributed by atoms with Crippen molar-refractivity contribution in [2.45, 2.75) is 77.8 Å². The SMILES string of the molecule is CCC(CC)O[C@@H]1C=C(C(=O)O)C[C@H](NCc2ccc(-c3ccc(C)c(OC)c3)o2)[C@H]1NC(C)=O. The van der Waals surface area contributed by atoms with Crippen molar-refractivity contribution in [3.63, 3.8) is 0 Å². The van der Waals surface area contributed by atoms with Gasteiger partial charge in [0.05, 0.1) is 31.9 Å². The number of carboxylic acid groups (broad SMARTS) is 1. The van der Waals surface area contributed by atoms with Gasteiger partial charge in [0, 0.05) is 24.1 Å². The third-order valence-corrected chi connectivity index (χ3v) is 6.39. The monoisotopic (exact) mass is 484 g/mol. The zero-order valence-corrected chi connectivity index (χ0v) is 21.1. The number of amides is 1. The highest BCUT2D eigenvalue weighted by Gasteiger charge is 2.37. The highest BCUT2D eigenvalue weighted by molar-refractivity contribution is 5.87. The molecule has 3 rings (SSSR count). The fraction of sp³-hybridized carbons (Fsp3) is 0.481. The van der Waals surface area contributed by atoms with Crippen molar-refractivity contribution in [2.75, 3.05) is 7.11 Å². The highest BCUT2D eigenvalue weighted by atomic mass is 16.5. The fourth-order valence-corrected chi connectivity index (χ4v) is 4.40. The van der Waals surface area contributed by atoms with Crippen LogP contribution >= 0.6 is 0 Å². The first kappa shape index (κ1) is 26.5. The molecule has 8 nitrogen and oxygen atoms in total. The number of aliphatic carboxylic acids is 1. The number of furan rings is 1. The van der Waals surface area contributed by atoms with E-state index < -0.39 is 18.1 Å². The molecule has 0 fully saturated rings. The average Bonchev–Trinajstić information content (AvgIpc) is 3.31. The van der Waals surface area contributed by atoms with Gasteiger partial charge in [-0.15, -0.1) is 0 Å². The minimum Gasteiger partial charge on any atom is -0.496 e. The molecule has 3 atom stereocenters. The molecular weight excluding hydrogens is 448 g/mol. The Kier molecular flexibility index (Phi) is 9.12. The summed E-state index contributed by atoms with van der Waals surface area (Å²) in [7, 11) is 1.64. The van der Waals surface area contributed by atoms with Crippen LogP contribution < -0.4 is 15.4 Å². The Hall–Kier alpha value is -3.10. The Morgan fingerprint density at radius 2 is 1.94 bits per heavy atom. The van der Waals surface area contributed by atoms with E-state index in [1.807, 2.05) is 51.1 Å². The molecule has 8 heteroatoms. The molecule has 1 heterocycles. The average molecular weight is 485 g/mol. The summed E-state index contributed by atoms with van der Waals surface area (Å²) in [6, 6.07) is 8.92. The molecule has 0 bridgehead atoms. The van der Waals surface area contributed by atoms with Crippen molar-refractivity contribution in [1.29, 1.82) is 0 Å². The van der Waals surface area contributed by atoms with Crippen LogP contribution in [0.4, 0.5) is 0 Å². The molecule has 2 aromatic rings. The summed E-state index contributed by atoms with van der Waals surface area (Å²) in [5, 5.41) is 16.1. The van der Waals surface area contributed by atoms with E-state index in [1.165, 1.54) is 6.92 Å². The van der Waals surface area contributed by atoms with Crippen LogP contribution in [0.1, 0.15) is 51.4 Å². The van der Waals surface area contributed by atoms with Gasteiger partial charge in [-0.05, 0) is 56.0 Å². The number of nitrogens with one attached hydrogen (secondary N) is 2. The summed E-state index contributed by atoms with van der Waals surface area (Å²) < 4.78 is 17.7. The van der Waals surface area contributed by atoms with Crippen molar-refractivity contribution < 1.29 is 28.6 Å². The lowest BCUT2D eigenvalue weighted by Crippen LogP contribution is -2.58. The standard InChI is InChI=1S/C27H36N2O6/c1-6-20(7-2)34-25-14-19(27(31)32)12-22(26(25)29-17(4)30)28-15-21-10-11-23(35-21)18-9-8-16(3)24(13-18)33-5/h8-11,13-14,20,22,25-26,28H,6-7,12,15H2,1-5H3,(H,29,30)(H,31,32)/t22-,25+,26+/m0/s1. The molecule has 1 aliphatic carbocycles. The van der Waals surface area contributed by atoms with Gasteiger partial charge in [-0.2, -0.15) is 0 Å². The van der Waals surface area contributed by atoms with E-state index >= 15 is 0 Å². The predicted octanol–water partition coefficient (Wildman–Crippen LogP) is 4.22. The first-order valence-electron chi connectivity index (χ1n) is 12.1. The van der Waals surface area contributed by atoms with E-state index in [9.17, 15) is 14.7 Å². The van der Waals surface area contributed by atoms with Crippen LogP contribution in [0.15, 0.2) is 46.4 Å². The van der Waals surface area contributed by atoms with Crippen molar-refractivity contribution >= 4 is 11.9 Å². The second-order valence-electron chi connectivity index (χ2n) is 8.90. The Bertz CT molecular complexity index is 1060. The molecule has 1 aliphatic rings. The number of hydrogen-bond acceptors (Lipinski definition) is 6. The van der Waals surface area contributed by atoms with Crippen LogP contribution in [0.5, 0.6) is 5.75 Å². The highest BCUT2D eigenvalue weighted by Crippen LogP contribution is 2.29. The number of aryl methyl sites for hydroxylation is 1. The van der Waals surface area contributed by atoms with Crippen LogP contribution in [0.25, 0.3) is 11.3 Å². The van der Waals surface area contributed by atoms with E-state index in [1.54, 1.807) is 13.2 Å². The third kappa shape index (κ3) is 6.74. The third-order valence-electron chi connectivity index (χ3n) is 6.39. The summed E-state index contributed by atoms with van der Waals surface area (Å²) in [6.07, 6.45) is 2.91. The first-order valence-corrected chi connectivity index (χ1v) is 12.1. The van der Waals surface area contributed by atoms with Crippen molar-refractivity contribution in [3.05, 3.63) is 53.3 Å². The molecule has 0 saturated carbocycles. The van der Waals surface area contributed by atoms with Crippen LogP contribution in [0, 0.1) is 6.92 Å². The number of ether oxygens (including phenoxy) is 2. The minimum atomic E-state index is -0.982. The number of benzene rings is 1. The Balaban J connectivity index is 1.79. The zero-order chi connectivity index (χ0) is 25.5. The molecule has 1 aromatic heterocycles. The summed E-state index contributed by atoms with van der Waals surface area (Å²) in [6.45, 7) is 7.86. The molecule has 3 N–H and O–H groups in total. The van der Waals surface area contributed by atoms with Crippen molar-refractivity contribution in [1.82, 2.24) is 10.6 Å². The lowest BCUT2D eigenvalue weighted by Gasteiger charge is -2.38. The second-order valence-corrected chi connectivity index (χ2v) is 8.90. The summed E-state index contributed by atoms with van der Waals surface area (Å²) in [4.78, 5) is 23.8. The number of hydrogen-bond donors (Lipinski definition) is 3. The molecule has 0 radical (unpaired) electrons. The van der Waals surface area contributed by atoms with E-state index in [4.69, 9.17) is 13.9 Å².